The van der Waals surface area contributed by atoms with Gasteiger partial charge in [0.2, 0.25) is 21.7 Å². The number of nitrogens with zero attached hydrogens (tertiary/aromatic N) is 8. The van der Waals surface area contributed by atoms with Crippen molar-refractivity contribution < 1.29 is 46.7 Å². The van der Waals surface area contributed by atoms with E-state index in [1.54, 1.807) is 48.5 Å². The van der Waals surface area contributed by atoms with Gasteiger partial charge in [-0.3, -0.25) is 28.8 Å². The largest absolute Gasteiger partial charge is 0.497 e. The molecule has 0 fully saturated rings. The lowest BCUT2D eigenvalue weighted by Gasteiger charge is -2.11. The van der Waals surface area contributed by atoms with Crippen molar-refractivity contribution in [3.05, 3.63) is 97.1 Å². The molecule has 0 radical (unpaired) electrons. The first-order valence-electron chi connectivity index (χ1n) is 18.2. The average molecular weight is 849 g/mol. The minimum Gasteiger partial charge on any atom is -0.497 e. The number of imide groups is 2. The van der Waals surface area contributed by atoms with Gasteiger partial charge in [-0.2, -0.15) is 40.7 Å². The molecule has 4 aromatic rings. The number of hydrogen-bond acceptors (Lipinski definition) is 16. The lowest BCUT2D eigenvalue weighted by Crippen LogP contribution is -2.36. The maximum atomic E-state index is 13.4. The Morgan fingerprint density at radius 3 is 1.36 bits per heavy atom. The van der Waals surface area contributed by atoms with E-state index in [0.717, 1.165) is 0 Å². The molecule has 0 aromatic heterocycles. The first kappa shape index (κ1) is 42.8. The van der Waals surface area contributed by atoms with Gasteiger partial charge in [-0.05, 0) is 86.6 Å². The normalized spacial score (nSPS) is 16.5. The van der Waals surface area contributed by atoms with Crippen LogP contribution in [0.3, 0.4) is 0 Å². The number of carbonyl (C=O) groups excluding carboxylic acids is 6. The second kappa shape index (κ2) is 18.4. The zero-order chi connectivity index (χ0) is 43.8. The standard InChI is InChI=1S/C40H36N10O10S/c1-23-37(39(55)49(47-23)35(53)21-33(51)41-27-7-5-9-29(19-27)59-3)45-43-25-11-15-31(16-12-25)61(57,58)32-17-13-26(14-18-32)44-46-38-24(2)48-50(40(38)56)36(54)22-34(52)42-28-8-6-10-30(20-28)60-4/h5-20,37-38H,21-22H2,1-4H3,(H,41,51)(H,42,52)/t37-,38+. The number of hydrogen-bond donors (Lipinski definition) is 2. The molecule has 20 nitrogen and oxygen atoms in total. The zero-order valence-electron chi connectivity index (χ0n) is 32.9. The summed E-state index contributed by atoms with van der Waals surface area (Å²) in [7, 11) is -1.09. The molecule has 21 heteroatoms. The fourth-order valence-electron chi connectivity index (χ4n) is 5.74. The lowest BCUT2D eigenvalue weighted by atomic mass is 10.2. The molecule has 2 N–H and O–H groups in total. The molecular formula is C40H36N10O10S. The Labute approximate surface area is 347 Å². The van der Waals surface area contributed by atoms with E-state index in [0.29, 0.717) is 32.9 Å². The van der Waals surface area contributed by atoms with Crippen LogP contribution in [0.2, 0.25) is 0 Å². The second-order valence-electron chi connectivity index (χ2n) is 13.2. The van der Waals surface area contributed by atoms with Gasteiger partial charge in [-0.1, -0.05) is 12.1 Å². The third-order valence-corrected chi connectivity index (χ3v) is 10.7. The number of hydrazone groups is 2. The maximum absolute atomic E-state index is 13.4. The van der Waals surface area contributed by atoms with E-state index in [4.69, 9.17) is 9.47 Å². The average Bonchev–Trinajstić information content (AvgIpc) is 3.70. The number of benzene rings is 4. The molecular weight excluding hydrogens is 813 g/mol. The molecule has 4 aromatic carbocycles. The highest BCUT2D eigenvalue weighted by atomic mass is 32.2. The van der Waals surface area contributed by atoms with Crippen molar-refractivity contribution in [3.8, 4) is 11.5 Å². The second-order valence-corrected chi connectivity index (χ2v) is 15.2. The predicted molar refractivity (Wildman–Crippen MR) is 217 cm³/mol. The fraction of sp³-hybridized carbons (Fsp3) is 0.200. The number of anilines is 2. The van der Waals surface area contributed by atoms with E-state index in [2.05, 4.69) is 41.3 Å². The van der Waals surface area contributed by atoms with E-state index in [-0.39, 0.29) is 32.6 Å². The first-order valence-corrected chi connectivity index (χ1v) is 19.6. The lowest BCUT2D eigenvalue weighted by molar-refractivity contribution is -0.146. The van der Waals surface area contributed by atoms with Gasteiger partial charge in [0.1, 0.15) is 24.3 Å². The van der Waals surface area contributed by atoms with Gasteiger partial charge in [-0.25, -0.2) is 8.42 Å². The highest BCUT2D eigenvalue weighted by Gasteiger charge is 2.39. The molecule has 0 spiro atoms. The summed E-state index contributed by atoms with van der Waals surface area (Å²) in [5.41, 5.74) is 1.53. The zero-order valence-corrected chi connectivity index (χ0v) is 33.7. The van der Waals surface area contributed by atoms with Crippen LogP contribution in [0.4, 0.5) is 22.7 Å². The fourth-order valence-corrected chi connectivity index (χ4v) is 7.00. The first-order chi connectivity index (χ1) is 29.2. The number of methoxy groups -OCH3 is 2. The number of nitrogens with one attached hydrogen (secondary N) is 2. The number of amides is 6. The van der Waals surface area contributed by atoms with Crippen LogP contribution in [-0.2, 0) is 38.6 Å². The van der Waals surface area contributed by atoms with Gasteiger partial charge < -0.3 is 20.1 Å². The van der Waals surface area contributed by atoms with Gasteiger partial charge >= 0.3 is 0 Å². The van der Waals surface area contributed by atoms with Crippen molar-refractivity contribution in [3.63, 3.8) is 0 Å². The van der Waals surface area contributed by atoms with E-state index in [9.17, 15) is 37.2 Å². The quantitative estimate of drug-likeness (QED) is 0.127. The number of carbonyl (C=O) groups is 6. The summed E-state index contributed by atoms with van der Waals surface area (Å²) in [6.07, 6.45) is -1.33. The number of azo groups is 2. The van der Waals surface area contributed by atoms with Crippen molar-refractivity contribution >= 4 is 79.5 Å². The Hall–Kier alpha value is -7.81. The topological polar surface area (TPSA) is 260 Å². The van der Waals surface area contributed by atoms with Crippen molar-refractivity contribution in [1.29, 1.82) is 0 Å². The molecule has 6 rings (SSSR count). The molecule has 0 aliphatic carbocycles. The summed E-state index contributed by atoms with van der Waals surface area (Å²) in [6.45, 7) is 2.95. The Balaban J connectivity index is 1.01. The van der Waals surface area contributed by atoms with Crippen molar-refractivity contribution in [1.82, 2.24) is 10.0 Å². The summed E-state index contributed by atoms with van der Waals surface area (Å²) in [5.74, 6) is -3.68. The van der Waals surface area contributed by atoms with Crippen LogP contribution in [0.5, 0.6) is 11.5 Å². The van der Waals surface area contributed by atoms with Crippen LogP contribution >= 0.6 is 0 Å². The number of sulfone groups is 1. The SMILES string of the molecule is COc1cccc(NC(=O)CC(=O)N2N=C(C)[C@H](N=Nc3ccc(S(=O)(=O)c4ccc(N=N[C@H]5C(=O)N(C(=O)CC(=O)Nc6cccc(OC)c6)N=C5C)cc4)cc3)C2=O)c1. The van der Waals surface area contributed by atoms with Crippen LogP contribution < -0.4 is 20.1 Å². The minimum atomic E-state index is -4.03. The third kappa shape index (κ3) is 10.1. The van der Waals surface area contributed by atoms with Crippen LogP contribution in [0.25, 0.3) is 0 Å². The van der Waals surface area contributed by atoms with Crippen LogP contribution in [-0.4, -0.2) is 91.6 Å². The van der Waals surface area contributed by atoms with E-state index < -0.39 is 70.2 Å². The molecule has 2 aliphatic rings. The highest BCUT2D eigenvalue weighted by molar-refractivity contribution is 7.91. The Morgan fingerprint density at radius 1 is 0.623 bits per heavy atom. The molecule has 0 saturated carbocycles. The minimum absolute atomic E-state index is 0.0789. The molecule has 61 heavy (non-hydrogen) atoms. The molecule has 2 aliphatic heterocycles. The maximum Gasteiger partial charge on any atom is 0.282 e. The van der Waals surface area contributed by atoms with Gasteiger partial charge in [0.25, 0.3) is 23.6 Å². The Bertz CT molecular complexity index is 2470. The summed E-state index contributed by atoms with van der Waals surface area (Å²) in [5, 5.41) is 30.3. The van der Waals surface area contributed by atoms with Crippen molar-refractivity contribution in [2.45, 2.75) is 48.6 Å². The summed E-state index contributed by atoms with van der Waals surface area (Å²) in [6, 6.07) is 21.3. The molecule has 6 amide bonds. The molecule has 2 heterocycles. The van der Waals surface area contributed by atoms with Crippen LogP contribution in [0.1, 0.15) is 26.7 Å². The summed E-state index contributed by atoms with van der Waals surface area (Å²) in [4.78, 5) is 76.3. The molecule has 0 bridgehead atoms. The van der Waals surface area contributed by atoms with Crippen molar-refractivity contribution in [2.24, 2.45) is 30.7 Å². The number of ether oxygens (including phenoxy) is 2. The molecule has 0 unspecified atom stereocenters. The Kier molecular flexibility index (Phi) is 12.9. The predicted octanol–water partition coefficient (Wildman–Crippen LogP) is 4.99. The van der Waals surface area contributed by atoms with Crippen LogP contribution in [0.15, 0.2) is 138 Å². The smallest absolute Gasteiger partial charge is 0.282 e. The molecule has 0 saturated heterocycles. The molecule has 2 atom stereocenters. The van der Waals surface area contributed by atoms with Crippen LogP contribution in [0, 0.1) is 0 Å². The van der Waals surface area contributed by atoms with E-state index in [1.165, 1.54) is 76.6 Å². The summed E-state index contributed by atoms with van der Waals surface area (Å²) >= 11 is 0. The highest BCUT2D eigenvalue weighted by Crippen LogP contribution is 2.27. The van der Waals surface area contributed by atoms with Gasteiger partial charge in [-0.15, -0.1) is 0 Å². The van der Waals surface area contributed by atoms with E-state index in [1.807, 2.05) is 0 Å². The number of rotatable bonds is 14. The van der Waals surface area contributed by atoms with Gasteiger partial charge in [0, 0.05) is 23.5 Å². The monoisotopic (exact) mass is 848 g/mol. The Morgan fingerprint density at radius 2 is 1.00 bits per heavy atom. The third-order valence-electron chi connectivity index (χ3n) is 8.87. The van der Waals surface area contributed by atoms with Gasteiger partial charge in [0.05, 0.1) is 46.8 Å². The van der Waals surface area contributed by atoms with E-state index >= 15 is 0 Å². The van der Waals surface area contributed by atoms with Gasteiger partial charge in [0.15, 0.2) is 12.1 Å². The molecule has 312 valence electrons. The summed E-state index contributed by atoms with van der Waals surface area (Å²) < 4.78 is 37.0. The van der Waals surface area contributed by atoms with Crippen molar-refractivity contribution in [2.75, 3.05) is 24.9 Å².